The van der Waals surface area contributed by atoms with Gasteiger partial charge in [0.1, 0.15) is 9.84 Å². The molecule has 0 aliphatic rings. The largest absolute Gasteiger partial charge is 0.396 e. The zero-order valence-corrected chi connectivity index (χ0v) is 12.9. The molecule has 1 rings (SSSR count). The highest BCUT2D eigenvalue weighted by Gasteiger charge is 2.10. The highest BCUT2D eigenvalue weighted by molar-refractivity contribution is 9.10. The number of benzene rings is 1. The normalized spacial score (nSPS) is 13.5. The monoisotopic (exact) mass is 334 g/mol. The Hall–Kier alpha value is -0.390. The average molecular weight is 335 g/mol. The van der Waals surface area contributed by atoms with Crippen LogP contribution < -0.4 is 0 Å². The summed E-state index contributed by atoms with van der Waals surface area (Å²) in [5.74, 6) is 0.322. The summed E-state index contributed by atoms with van der Waals surface area (Å²) in [6, 6.07) is 7.97. The van der Waals surface area contributed by atoms with E-state index in [1.807, 2.05) is 24.3 Å². The third-order valence-corrected chi connectivity index (χ3v) is 4.32. The van der Waals surface area contributed by atoms with E-state index in [0.29, 0.717) is 6.42 Å². The Morgan fingerprint density at radius 2 is 2.11 bits per heavy atom. The molecule has 0 amide bonds. The number of halogens is 1. The van der Waals surface area contributed by atoms with Crippen LogP contribution >= 0.6 is 15.9 Å². The Kier molecular flexibility index (Phi) is 6.32. The van der Waals surface area contributed by atoms with Crippen molar-refractivity contribution in [1.82, 2.24) is 0 Å². The van der Waals surface area contributed by atoms with Gasteiger partial charge >= 0.3 is 0 Å². The predicted octanol–water partition coefficient (Wildman–Crippen LogP) is 2.42. The third kappa shape index (κ3) is 6.52. The van der Waals surface area contributed by atoms with Crippen LogP contribution in [0.15, 0.2) is 28.7 Å². The summed E-state index contributed by atoms with van der Waals surface area (Å²) in [5, 5.41) is 9.32. The molecule has 0 aliphatic carbocycles. The van der Waals surface area contributed by atoms with E-state index in [-0.39, 0.29) is 18.3 Å². The van der Waals surface area contributed by atoms with Gasteiger partial charge in [-0.15, -0.1) is 0 Å². The van der Waals surface area contributed by atoms with Gasteiger partial charge in [-0.1, -0.05) is 28.1 Å². The van der Waals surface area contributed by atoms with Gasteiger partial charge in [-0.05, 0) is 42.9 Å². The first-order valence-corrected chi connectivity index (χ1v) is 8.79. The van der Waals surface area contributed by atoms with Crippen molar-refractivity contribution in [1.29, 1.82) is 0 Å². The van der Waals surface area contributed by atoms with Crippen LogP contribution in [-0.2, 0) is 16.3 Å². The summed E-state index contributed by atoms with van der Waals surface area (Å²) in [7, 11) is -2.90. The molecule has 0 fully saturated rings. The van der Waals surface area contributed by atoms with E-state index in [1.54, 1.807) is 0 Å². The van der Waals surface area contributed by atoms with Crippen LogP contribution in [0.1, 0.15) is 18.4 Å². The van der Waals surface area contributed by atoms with E-state index in [9.17, 15) is 13.5 Å². The molecule has 0 bridgehead atoms. The molecule has 0 spiro atoms. The van der Waals surface area contributed by atoms with Gasteiger partial charge in [0.25, 0.3) is 0 Å². The van der Waals surface area contributed by atoms with Gasteiger partial charge < -0.3 is 5.11 Å². The lowest BCUT2D eigenvalue weighted by atomic mass is 9.96. The van der Waals surface area contributed by atoms with Crippen LogP contribution in [0.25, 0.3) is 0 Å². The summed E-state index contributed by atoms with van der Waals surface area (Å²) in [5.41, 5.74) is 1.16. The minimum atomic E-state index is -2.90. The van der Waals surface area contributed by atoms with Gasteiger partial charge in [0.15, 0.2) is 0 Å². The van der Waals surface area contributed by atoms with Gasteiger partial charge in [-0.2, -0.15) is 0 Å². The lowest BCUT2D eigenvalue weighted by Gasteiger charge is -2.14. The summed E-state index contributed by atoms with van der Waals surface area (Å²) < 4.78 is 23.1. The van der Waals surface area contributed by atoms with E-state index in [1.165, 1.54) is 6.26 Å². The van der Waals surface area contributed by atoms with Crippen LogP contribution in [0.4, 0.5) is 0 Å². The standard InChI is InChI=1S/C13H19BrO3S/c1-18(16,17)7-3-5-12(10-15)8-11-4-2-6-13(14)9-11/h2,4,6,9,12,15H,3,5,7-8,10H2,1H3. The van der Waals surface area contributed by atoms with Crippen molar-refractivity contribution in [2.75, 3.05) is 18.6 Å². The zero-order chi connectivity index (χ0) is 13.6. The Morgan fingerprint density at radius 1 is 1.39 bits per heavy atom. The number of hydrogen-bond donors (Lipinski definition) is 1. The molecule has 1 unspecified atom stereocenters. The average Bonchev–Trinajstić information content (AvgIpc) is 2.26. The third-order valence-electron chi connectivity index (χ3n) is 2.80. The number of aliphatic hydroxyl groups excluding tert-OH is 1. The molecule has 0 heterocycles. The Balaban J connectivity index is 2.47. The topological polar surface area (TPSA) is 54.4 Å². The quantitative estimate of drug-likeness (QED) is 0.833. The summed E-state index contributed by atoms with van der Waals surface area (Å²) in [6.45, 7) is 0.0935. The molecule has 1 atom stereocenters. The van der Waals surface area contributed by atoms with Gasteiger partial charge in [0.2, 0.25) is 0 Å². The van der Waals surface area contributed by atoms with Crippen molar-refractivity contribution >= 4 is 25.8 Å². The Labute approximate surface area is 117 Å². The number of sulfone groups is 1. The molecule has 0 saturated heterocycles. The summed E-state index contributed by atoms with van der Waals surface area (Å²) >= 11 is 3.41. The smallest absolute Gasteiger partial charge is 0.147 e. The maximum absolute atomic E-state index is 11.0. The molecule has 0 radical (unpaired) electrons. The maximum Gasteiger partial charge on any atom is 0.147 e. The molecule has 1 aromatic carbocycles. The van der Waals surface area contributed by atoms with E-state index < -0.39 is 9.84 Å². The first kappa shape index (κ1) is 15.7. The lowest BCUT2D eigenvalue weighted by molar-refractivity contribution is 0.217. The fourth-order valence-electron chi connectivity index (χ4n) is 1.89. The molecule has 0 aromatic heterocycles. The molecule has 0 aliphatic heterocycles. The summed E-state index contributed by atoms with van der Waals surface area (Å²) in [4.78, 5) is 0. The molecule has 3 nitrogen and oxygen atoms in total. The molecule has 0 saturated carbocycles. The molecule has 1 aromatic rings. The van der Waals surface area contributed by atoms with E-state index >= 15 is 0 Å². The maximum atomic E-state index is 11.0. The van der Waals surface area contributed by atoms with Crippen LogP contribution in [0.5, 0.6) is 0 Å². The predicted molar refractivity (Wildman–Crippen MR) is 77.4 cm³/mol. The van der Waals surface area contributed by atoms with Crippen molar-refractivity contribution in [3.8, 4) is 0 Å². The van der Waals surface area contributed by atoms with Crippen molar-refractivity contribution < 1.29 is 13.5 Å². The van der Waals surface area contributed by atoms with Crippen molar-refractivity contribution in [2.45, 2.75) is 19.3 Å². The van der Waals surface area contributed by atoms with Gasteiger partial charge in [-0.3, -0.25) is 0 Å². The second-order valence-electron chi connectivity index (χ2n) is 4.65. The van der Waals surface area contributed by atoms with E-state index in [0.717, 1.165) is 22.9 Å². The van der Waals surface area contributed by atoms with E-state index in [4.69, 9.17) is 0 Å². The zero-order valence-electron chi connectivity index (χ0n) is 10.5. The molecule has 5 heteroatoms. The molecular weight excluding hydrogens is 316 g/mol. The molecule has 1 N–H and O–H groups in total. The second kappa shape index (κ2) is 7.26. The number of rotatable bonds is 7. The molecular formula is C13H19BrO3S. The fraction of sp³-hybridized carbons (Fsp3) is 0.538. The van der Waals surface area contributed by atoms with Crippen LogP contribution in [0.2, 0.25) is 0 Å². The number of aliphatic hydroxyl groups is 1. The minimum Gasteiger partial charge on any atom is -0.396 e. The van der Waals surface area contributed by atoms with Crippen molar-refractivity contribution in [3.05, 3.63) is 34.3 Å². The SMILES string of the molecule is CS(=O)(=O)CCCC(CO)Cc1cccc(Br)c1. The number of hydrogen-bond acceptors (Lipinski definition) is 3. The van der Waals surface area contributed by atoms with Crippen LogP contribution in [0, 0.1) is 5.92 Å². The molecule has 18 heavy (non-hydrogen) atoms. The van der Waals surface area contributed by atoms with E-state index in [2.05, 4.69) is 15.9 Å². The van der Waals surface area contributed by atoms with Gasteiger partial charge in [0, 0.05) is 23.1 Å². The van der Waals surface area contributed by atoms with Gasteiger partial charge in [0.05, 0.1) is 0 Å². The summed E-state index contributed by atoms with van der Waals surface area (Å²) in [6.07, 6.45) is 3.36. The Morgan fingerprint density at radius 3 is 2.67 bits per heavy atom. The minimum absolute atomic E-state index is 0.0935. The first-order chi connectivity index (χ1) is 8.40. The highest BCUT2D eigenvalue weighted by atomic mass is 79.9. The van der Waals surface area contributed by atoms with Crippen LogP contribution in [-0.4, -0.2) is 32.1 Å². The first-order valence-electron chi connectivity index (χ1n) is 5.94. The van der Waals surface area contributed by atoms with Crippen molar-refractivity contribution in [2.24, 2.45) is 5.92 Å². The second-order valence-corrected chi connectivity index (χ2v) is 7.83. The Bertz CT molecular complexity index is 471. The van der Waals surface area contributed by atoms with Crippen molar-refractivity contribution in [3.63, 3.8) is 0 Å². The lowest BCUT2D eigenvalue weighted by Crippen LogP contribution is -2.12. The fourth-order valence-corrected chi connectivity index (χ4v) is 3.03. The molecule has 102 valence electrons. The van der Waals surface area contributed by atoms with Crippen LogP contribution in [0.3, 0.4) is 0 Å². The highest BCUT2D eigenvalue weighted by Crippen LogP contribution is 2.18. The van der Waals surface area contributed by atoms with Gasteiger partial charge in [-0.25, -0.2) is 8.42 Å².